The standard InChI is InChI=1S/C18H18N6O2S/c1-9-7-19-18(27-9)12-5-13-15(14(6-12)25-4)20-8-21-17(13)22-10(2)16-23-11(3)26-24-16/h5-8,10H,1-4H3,(H,20,21,22). The molecule has 9 heteroatoms. The monoisotopic (exact) mass is 382 g/mol. The van der Waals surface area contributed by atoms with Gasteiger partial charge in [-0.1, -0.05) is 5.16 Å². The summed E-state index contributed by atoms with van der Waals surface area (Å²) in [6.45, 7) is 5.74. The summed E-state index contributed by atoms with van der Waals surface area (Å²) in [4.78, 5) is 18.7. The predicted molar refractivity (Wildman–Crippen MR) is 103 cm³/mol. The Morgan fingerprint density at radius 3 is 2.70 bits per heavy atom. The average Bonchev–Trinajstić information content (AvgIpc) is 3.29. The minimum atomic E-state index is -0.183. The largest absolute Gasteiger partial charge is 0.494 e. The van der Waals surface area contributed by atoms with Crippen LogP contribution in [0.25, 0.3) is 21.5 Å². The molecule has 1 unspecified atom stereocenters. The van der Waals surface area contributed by atoms with E-state index in [0.29, 0.717) is 23.3 Å². The second kappa shape index (κ2) is 6.92. The molecule has 4 aromatic rings. The number of hydrogen-bond donors (Lipinski definition) is 1. The molecule has 0 fully saturated rings. The van der Waals surface area contributed by atoms with Crippen LogP contribution in [0.15, 0.2) is 29.2 Å². The van der Waals surface area contributed by atoms with E-state index in [1.54, 1.807) is 25.4 Å². The Hall–Kier alpha value is -3.07. The molecule has 0 amide bonds. The van der Waals surface area contributed by atoms with Crippen molar-refractivity contribution in [2.75, 3.05) is 12.4 Å². The molecule has 3 aromatic heterocycles. The van der Waals surface area contributed by atoms with Crippen LogP contribution < -0.4 is 10.1 Å². The normalized spacial score (nSPS) is 12.3. The van der Waals surface area contributed by atoms with Crippen LogP contribution in [0.3, 0.4) is 0 Å². The molecule has 0 aliphatic rings. The van der Waals surface area contributed by atoms with Gasteiger partial charge in [-0.2, -0.15) is 4.98 Å². The van der Waals surface area contributed by atoms with Gasteiger partial charge in [0, 0.05) is 28.9 Å². The smallest absolute Gasteiger partial charge is 0.223 e. The molecule has 0 saturated carbocycles. The number of rotatable bonds is 5. The van der Waals surface area contributed by atoms with E-state index in [9.17, 15) is 0 Å². The molecule has 1 N–H and O–H groups in total. The van der Waals surface area contributed by atoms with Crippen molar-refractivity contribution in [3.63, 3.8) is 0 Å². The van der Waals surface area contributed by atoms with Crippen molar-refractivity contribution in [2.24, 2.45) is 0 Å². The summed E-state index contributed by atoms with van der Waals surface area (Å²) in [6.07, 6.45) is 3.37. The van der Waals surface area contributed by atoms with Crippen LogP contribution in [-0.2, 0) is 0 Å². The van der Waals surface area contributed by atoms with Crippen molar-refractivity contribution in [3.8, 4) is 16.3 Å². The highest BCUT2D eigenvalue weighted by atomic mass is 32.1. The summed E-state index contributed by atoms with van der Waals surface area (Å²) in [7, 11) is 1.63. The molecule has 0 bridgehead atoms. The number of fused-ring (bicyclic) bond motifs is 1. The van der Waals surface area contributed by atoms with Gasteiger partial charge in [-0.3, -0.25) is 0 Å². The lowest BCUT2D eigenvalue weighted by Gasteiger charge is -2.14. The molecule has 27 heavy (non-hydrogen) atoms. The number of methoxy groups -OCH3 is 1. The number of nitrogens with zero attached hydrogens (tertiary/aromatic N) is 5. The van der Waals surface area contributed by atoms with Crippen molar-refractivity contribution in [1.82, 2.24) is 25.1 Å². The maximum atomic E-state index is 5.56. The van der Waals surface area contributed by atoms with E-state index in [1.165, 1.54) is 6.33 Å². The summed E-state index contributed by atoms with van der Waals surface area (Å²) in [5.74, 6) is 2.43. The van der Waals surface area contributed by atoms with Gasteiger partial charge in [-0.25, -0.2) is 15.0 Å². The maximum Gasteiger partial charge on any atom is 0.223 e. The van der Waals surface area contributed by atoms with Crippen molar-refractivity contribution in [2.45, 2.75) is 26.8 Å². The first-order valence-corrected chi connectivity index (χ1v) is 9.19. The lowest BCUT2D eigenvalue weighted by atomic mass is 10.1. The zero-order valence-corrected chi connectivity index (χ0v) is 16.2. The van der Waals surface area contributed by atoms with Crippen LogP contribution in [0.5, 0.6) is 5.75 Å². The number of thiazole rings is 1. The molecule has 3 heterocycles. The summed E-state index contributed by atoms with van der Waals surface area (Å²) < 4.78 is 10.6. The predicted octanol–water partition coefficient (Wildman–Crippen LogP) is 3.93. The second-order valence-electron chi connectivity index (χ2n) is 6.11. The van der Waals surface area contributed by atoms with Crippen molar-refractivity contribution < 1.29 is 9.26 Å². The lowest BCUT2D eigenvalue weighted by Crippen LogP contribution is -2.10. The SMILES string of the molecule is COc1cc(-c2ncc(C)s2)cc2c(NC(C)c3noc(C)n3)ncnc12. The molecule has 4 rings (SSSR count). The van der Waals surface area contributed by atoms with Crippen molar-refractivity contribution in [3.05, 3.63) is 41.2 Å². The van der Waals surface area contributed by atoms with E-state index in [0.717, 1.165) is 26.4 Å². The number of hydrogen-bond acceptors (Lipinski definition) is 9. The topological polar surface area (TPSA) is 98.8 Å². The van der Waals surface area contributed by atoms with E-state index in [-0.39, 0.29) is 6.04 Å². The van der Waals surface area contributed by atoms with Gasteiger partial charge in [0.25, 0.3) is 0 Å². The summed E-state index contributed by atoms with van der Waals surface area (Å²) >= 11 is 1.63. The minimum absolute atomic E-state index is 0.183. The Labute approximate surface area is 159 Å². The molecule has 138 valence electrons. The summed E-state index contributed by atoms with van der Waals surface area (Å²) in [6, 6.07) is 3.79. The fraction of sp³-hybridized carbons (Fsp3) is 0.278. The van der Waals surface area contributed by atoms with E-state index in [1.807, 2.05) is 32.2 Å². The number of ether oxygens (including phenoxy) is 1. The van der Waals surface area contributed by atoms with Crippen LogP contribution in [0.2, 0.25) is 0 Å². The molecule has 0 saturated heterocycles. The third kappa shape index (κ3) is 3.33. The highest BCUT2D eigenvalue weighted by Crippen LogP contribution is 2.36. The van der Waals surface area contributed by atoms with Gasteiger partial charge in [0.2, 0.25) is 5.89 Å². The molecule has 0 aliphatic heterocycles. The minimum Gasteiger partial charge on any atom is -0.494 e. The number of aryl methyl sites for hydroxylation is 2. The van der Waals surface area contributed by atoms with E-state index in [2.05, 4.69) is 30.4 Å². The Morgan fingerprint density at radius 2 is 2.04 bits per heavy atom. The Balaban J connectivity index is 1.80. The number of anilines is 1. The zero-order chi connectivity index (χ0) is 19.0. The lowest BCUT2D eigenvalue weighted by molar-refractivity contribution is 0.385. The number of nitrogens with one attached hydrogen (secondary N) is 1. The van der Waals surface area contributed by atoms with E-state index < -0.39 is 0 Å². The van der Waals surface area contributed by atoms with Gasteiger partial charge < -0.3 is 14.6 Å². The zero-order valence-electron chi connectivity index (χ0n) is 15.3. The highest BCUT2D eigenvalue weighted by molar-refractivity contribution is 7.14. The number of aromatic nitrogens is 5. The first kappa shape index (κ1) is 17.3. The third-order valence-corrected chi connectivity index (χ3v) is 5.04. The second-order valence-corrected chi connectivity index (χ2v) is 7.35. The first-order chi connectivity index (χ1) is 13.0. The van der Waals surface area contributed by atoms with E-state index >= 15 is 0 Å². The molecular formula is C18H18N6O2S. The fourth-order valence-corrected chi connectivity index (χ4v) is 3.53. The van der Waals surface area contributed by atoms with Crippen molar-refractivity contribution >= 4 is 28.1 Å². The number of benzene rings is 1. The first-order valence-electron chi connectivity index (χ1n) is 8.37. The van der Waals surface area contributed by atoms with Crippen LogP contribution in [0.4, 0.5) is 5.82 Å². The van der Waals surface area contributed by atoms with Crippen LogP contribution >= 0.6 is 11.3 Å². The highest BCUT2D eigenvalue weighted by Gasteiger charge is 2.17. The molecule has 0 radical (unpaired) electrons. The summed E-state index contributed by atoms with van der Waals surface area (Å²) in [5.41, 5.74) is 1.68. The van der Waals surface area contributed by atoms with Gasteiger partial charge in [-0.15, -0.1) is 11.3 Å². The van der Waals surface area contributed by atoms with Gasteiger partial charge in [0.15, 0.2) is 5.82 Å². The van der Waals surface area contributed by atoms with Gasteiger partial charge in [-0.05, 0) is 26.0 Å². The third-order valence-electron chi connectivity index (χ3n) is 4.08. The molecule has 1 aromatic carbocycles. The van der Waals surface area contributed by atoms with Gasteiger partial charge in [0.05, 0.1) is 13.2 Å². The Kier molecular flexibility index (Phi) is 4.44. The molecule has 0 spiro atoms. The summed E-state index contributed by atoms with van der Waals surface area (Å²) in [5, 5.41) is 9.07. The molecule has 8 nitrogen and oxygen atoms in total. The average molecular weight is 382 g/mol. The molecular weight excluding hydrogens is 364 g/mol. The Morgan fingerprint density at radius 1 is 1.19 bits per heavy atom. The maximum absolute atomic E-state index is 5.56. The van der Waals surface area contributed by atoms with Crippen LogP contribution in [-0.4, -0.2) is 32.2 Å². The van der Waals surface area contributed by atoms with Crippen LogP contribution in [0, 0.1) is 13.8 Å². The Bertz CT molecular complexity index is 1110. The van der Waals surface area contributed by atoms with Gasteiger partial charge >= 0.3 is 0 Å². The fourth-order valence-electron chi connectivity index (χ4n) is 2.78. The quantitative estimate of drug-likeness (QED) is 0.554. The molecule has 0 aliphatic carbocycles. The molecule has 1 atom stereocenters. The van der Waals surface area contributed by atoms with Crippen molar-refractivity contribution in [1.29, 1.82) is 0 Å². The van der Waals surface area contributed by atoms with Gasteiger partial charge in [0.1, 0.15) is 28.4 Å². The van der Waals surface area contributed by atoms with Crippen LogP contribution in [0.1, 0.15) is 29.6 Å². The van der Waals surface area contributed by atoms with E-state index in [4.69, 9.17) is 9.26 Å².